The third-order valence-electron chi connectivity index (χ3n) is 2.92. The molecule has 1 heterocycles. The number of aryl methyl sites for hydroxylation is 1. The van der Waals surface area contributed by atoms with Gasteiger partial charge in [-0.25, -0.2) is 0 Å². The Morgan fingerprint density at radius 1 is 1.11 bits per heavy atom. The second-order valence-corrected chi connectivity index (χ2v) is 5.89. The van der Waals surface area contributed by atoms with Crippen LogP contribution in [0.2, 0.25) is 0 Å². The van der Waals surface area contributed by atoms with Crippen LogP contribution in [0.4, 0.5) is 0 Å². The van der Waals surface area contributed by atoms with Crippen LogP contribution in [0.15, 0.2) is 42.5 Å². The molecule has 3 aromatic rings. The summed E-state index contributed by atoms with van der Waals surface area (Å²) in [5.74, 6) is 0. The first-order valence-corrected chi connectivity index (χ1v) is 7.11. The molecule has 0 atom stereocenters. The number of rotatable bonds is 1. The van der Waals surface area contributed by atoms with Gasteiger partial charge in [0, 0.05) is 9.26 Å². The predicted molar refractivity (Wildman–Crippen MR) is 85.9 cm³/mol. The molecule has 0 radical (unpaired) electrons. The molecule has 0 saturated carbocycles. The van der Waals surface area contributed by atoms with Crippen LogP contribution in [-0.4, -0.2) is 9.55 Å². The van der Waals surface area contributed by atoms with E-state index in [9.17, 15) is 0 Å². The standard InChI is InChI=1S/C14H11IN2S/c1-9-2-7-13-12(8-9)16-14(18)17(13)11-5-3-10(15)4-6-11/h2-8H,1H3,(H,16,18). The van der Waals surface area contributed by atoms with Gasteiger partial charge in [0.1, 0.15) is 0 Å². The Kier molecular flexibility index (Phi) is 2.99. The second kappa shape index (κ2) is 4.51. The summed E-state index contributed by atoms with van der Waals surface area (Å²) in [5, 5.41) is 0. The van der Waals surface area contributed by atoms with Gasteiger partial charge in [-0.2, -0.15) is 0 Å². The van der Waals surface area contributed by atoms with Crippen LogP contribution in [0.25, 0.3) is 16.7 Å². The fourth-order valence-electron chi connectivity index (χ4n) is 2.07. The van der Waals surface area contributed by atoms with Crippen molar-refractivity contribution >= 4 is 45.8 Å². The van der Waals surface area contributed by atoms with Gasteiger partial charge in [0.2, 0.25) is 0 Å². The van der Waals surface area contributed by atoms with Gasteiger partial charge in [-0.1, -0.05) is 6.07 Å². The average molecular weight is 366 g/mol. The number of hydrogen-bond donors (Lipinski definition) is 1. The molecule has 0 amide bonds. The molecule has 0 spiro atoms. The number of aromatic nitrogens is 2. The normalized spacial score (nSPS) is 11.0. The van der Waals surface area contributed by atoms with Crippen LogP contribution in [0.1, 0.15) is 5.56 Å². The van der Waals surface area contributed by atoms with Gasteiger partial charge in [0.05, 0.1) is 11.0 Å². The highest BCUT2D eigenvalue weighted by atomic mass is 127. The summed E-state index contributed by atoms with van der Waals surface area (Å²) in [6.45, 7) is 2.08. The molecule has 0 saturated heterocycles. The van der Waals surface area contributed by atoms with E-state index in [1.165, 1.54) is 9.13 Å². The molecular formula is C14H11IN2S. The van der Waals surface area contributed by atoms with E-state index in [-0.39, 0.29) is 0 Å². The topological polar surface area (TPSA) is 20.7 Å². The van der Waals surface area contributed by atoms with Gasteiger partial charge in [-0.3, -0.25) is 4.57 Å². The van der Waals surface area contributed by atoms with Gasteiger partial charge >= 0.3 is 0 Å². The zero-order chi connectivity index (χ0) is 12.7. The molecule has 0 bridgehead atoms. The number of fused-ring (bicyclic) bond motifs is 1. The van der Waals surface area contributed by atoms with Crippen molar-refractivity contribution in [1.82, 2.24) is 9.55 Å². The largest absolute Gasteiger partial charge is 0.330 e. The molecule has 0 aliphatic heterocycles. The fraction of sp³-hybridized carbons (Fsp3) is 0.0714. The van der Waals surface area contributed by atoms with E-state index in [1.807, 2.05) is 0 Å². The maximum absolute atomic E-state index is 5.42. The third-order valence-corrected chi connectivity index (χ3v) is 3.93. The number of H-pyrrole nitrogens is 1. The van der Waals surface area contributed by atoms with Gasteiger partial charge in [0.25, 0.3) is 0 Å². The molecule has 0 aliphatic rings. The summed E-state index contributed by atoms with van der Waals surface area (Å²) in [4.78, 5) is 3.26. The third kappa shape index (κ3) is 1.99. The Labute approximate surface area is 124 Å². The molecule has 0 fully saturated rings. The summed E-state index contributed by atoms with van der Waals surface area (Å²) >= 11 is 7.72. The van der Waals surface area contributed by atoms with Crippen molar-refractivity contribution in [3.63, 3.8) is 0 Å². The molecule has 0 aliphatic carbocycles. The summed E-state index contributed by atoms with van der Waals surface area (Å²) < 4.78 is 4.02. The van der Waals surface area contributed by atoms with Gasteiger partial charge in [0.15, 0.2) is 4.77 Å². The Morgan fingerprint density at radius 3 is 2.56 bits per heavy atom. The average Bonchev–Trinajstić information content (AvgIpc) is 2.65. The van der Waals surface area contributed by atoms with E-state index in [0.29, 0.717) is 0 Å². The van der Waals surface area contributed by atoms with Crippen molar-refractivity contribution in [3.05, 3.63) is 56.4 Å². The van der Waals surface area contributed by atoms with Crippen molar-refractivity contribution in [3.8, 4) is 5.69 Å². The minimum Gasteiger partial charge on any atom is -0.330 e. The maximum atomic E-state index is 5.42. The van der Waals surface area contributed by atoms with Crippen molar-refractivity contribution < 1.29 is 0 Å². The number of aromatic amines is 1. The number of nitrogens with one attached hydrogen (secondary N) is 1. The number of imidazole rings is 1. The lowest BCUT2D eigenvalue weighted by Gasteiger charge is -2.04. The lowest BCUT2D eigenvalue weighted by molar-refractivity contribution is 1.06. The Hall–Kier alpha value is -1.14. The fourth-order valence-corrected chi connectivity index (χ4v) is 2.75. The molecule has 18 heavy (non-hydrogen) atoms. The van der Waals surface area contributed by atoms with Gasteiger partial charge < -0.3 is 4.98 Å². The van der Waals surface area contributed by atoms with Crippen LogP contribution < -0.4 is 0 Å². The monoisotopic (exact) mass is 366 g/mol. The quantitative estimate of drug-likeness (QED) is 0.493. The zero-order valence-electron chi connectivity index (χ0n) is 9.77. The van der Waals surface area contributed by atoms with Crippen molar-refractivity contribution in [2.24, 2.45) is 0 Å². The highest BCUT2D eigenvalue weighted by Gasteiger charge is 2.06. The van der Waals surface area contributed by atoms with Crippen LogP contribution in [0, 0.1) is 15.3 Å². The first-order chi connectivity index (χ1) is 8.65. The first kappa shape index (κ1) is 11.9. The van der Waals surface area contributed by atoms with Crippen molar-refractivity contribution in [2.45, 2.75) is 6.92 Å². The molecule has 1 aromatic heterocycles. The zero-order valence-corrected chi connectivity index (χ0v) is 12.7. The second-order valence-electron chi connectivity index (χ2n) is 4.26. The van der Waals surface area contributed by atoms with Crippen LogP contribution >= 0.6 is 34.8 Å². The lowest BCUT2D eigenvalue weighted by atomic mass is 10.2. The summed E-state index contributed by atoms with van der Waals surface area (Å²) in [6, 6.07) is 14.7. The Bertz CT molecular complexity index is 769. The van der Waals surface area contributed by atoms with Gasteiger partial charge in [-0.05, 0) is 83.7 Å². The first-order valence-electron chi connectivity index (χ1n) is 5.62. The summed E-state index contributed by atoms with van der Waals surface area (Å²) in [5.41, 5.74) is 4.52. The Morgan fingerprint density at radius 2 is 1.83 bits per heavy atom. The number of nitrogens with zero attached hydrogens (tertiary/aromatic N) is 1. The summed E-state index contributed by atoms with van der Waals surface area (Å²) in [7, 11) is 0. The van der Waals surface area contributed by atoms with Gasteiger partial charge in [-0.15, -0.1) is 0 Å². The van der Waals surface area contributed by atoms with E-state index in [2.05, 4.69) is 81.5 Å². The van der Waals surface area contributed by atoms with E-state index >= 15 is 0 Å². The number of benzene rings is 2. The van der Waals surface area contributed by atoms with Crippen LogP contribution in [0.5, 0.6) is 0 Å². The van der Waals surface area contributed by atoms with Crippen molar-refractivity contribution in [1.29, 1.82) is 0 Å². The van der Waals surface area contributed by atoms with E-state index in [4.69, 9.17) is 12.2 Å². The molecule has 2 aromatic carbocycles. The summed E-state index contributed by atoms with van der Waals surface area (Å²) in [6.07, 6.45) is 0. The highest BCUT2D eigenvalue weighted by Crippen LogP contribution is 2.21. The molecule has 2 nitrogen and oxygen atoms in total. The molecule has 3 rings (SSSR count). The molecule has 90 valence electrons. The van der Waals surface area contributed by atoms with Crippen LogP contribution in [0.3, 0.4) is 0 Å². The molecule has 0 unspecified atom stereocenters. The molecular weight excluding hydrogens is 355 g/mol. The Balaban J connectivity index is 2.32. The number of hydrogen-bond acceptors (Lipinski definition) is 1. The van der Waals surface area contributed by atoms with Crippen LogP contribution in [-0.2, 0) is 0 Å². The highest BCUT2D eigenvalue weighted by molar-refractivity contribution is 14.1. The van der Waals surface area contributed by atoms with E-state index < -0.39 is 0 Å². The molecule has 1 N–H and O–H groups in total. The SMILES string of the molecule is Cc1ccc2c(c1)[nH]c(=S)n2-c1ccc(I)cc1. The lowest BCUT2D eigenvalue weighted by Crippen LogP contribution is -1.93. The van der Waals surface area contributed by atoms with E-state index in [1.54, 1.807) is 0 Å². The molecule has 4 heteroatoms. The smallest absolute Gasteiger partial charge is 0.182 e. The predicted octanol–water partition coefficient (Wildman–Crippen LogP) is 4.60. The number of halogens is 1. The maximum Gasteiger partial charge on any atom is 0.182 e. The minimum atomic E-state index is 0.733. The minimum absolute atomic E-state index is 0.733. The van der Waals surface area contributed by atoms with E-state index in [0.717, 1.165) is 21.5 Å². The van der Waals surface area contributed by atoms with Crippen molar-refractivity contribution in [2.75, 3.05) is 0 Å².